The lowest BCUT2D eigenvalue weighted by Gasteiger charge is -2.09. The first-order chi connectivity index (χ1) is 7.73. The summed E-state index contributed by atoms with van der Waals surface area (Å²) >= 11 is 0. The molecule has 0 spiro atoms. The maximum absolute atomic E-state index is 11.3. The van der Waals surface area contributed by atoms with Crippen LogP contribution < -0.4 is 0 Å². The van der Waals surface area contributed by atoms with Crippen molar-refractivity contribution in [2.45, 2.75) is 25.7 Å². The average Bonchev–Trinajstić information content (AvgIpc) is 2.17. The summed E-state index contributed by atoms with van der Waals surface area (Å²) in [5, 5.41) is 0. The Morgan fingerprint density at radius 2 is 1.76 bits per heavy atom. The Morgan fingerprint density at radius 3 is 2.24 bits per heavy atom. The number of carbonyl (C=O) groups is 1. The van der Waals surface area contributed by atoms with Gasteiger partial charge in [0.25, 0.3) is 10.1 Å². The molecule has 0 aliphatic rings. The minimum Gasteiger partial charge on any atom is -0.295 e. The maximum Gasteiger partial charge on any atom is 0.295 e. The van der Waals surface area contributed by atoms with E-state index >= 15 is 0 Å². The lowest BCUT2D eigenvalue weighted by atomic mass is 10.0. The van der Waals surface area contributed by atoms with Crippen molar-refractivity contribution in [3.63, 3.8) is 0 Å². The number of rotatable bonds is 3. The minimum absolute atomic E-state index is 0.144. The SMILES string of the molecule is CC(=O)/C=C/c1c(C)ccc(C)c1S(=O)(=O)O. The predicted octanol–water partition coefficient (Wildman–Crippen LogP) is 2.15. The molecule has 0 heterocycles. The van der Waals surface area contributed by atoms with Crippen LogP contribution in [0.1, 0.15) is 23.6 Å². The molecule has 0 aliphatic heterocycles. The van der Waals surface area contributed by atoms with E-state index in [1.165, 1.54) is 19.1 Å². The van der Waals surface area contributed by atoms with Crippen molar-refractivity contribution < 1.29 is 17.8 Å². The van der Waals surface area contributed by atoms with Crippen molar-refractivity contribution in [2.24, 2.45) is 0 Å². The van der Waals surface area contributed by atoms with Gasteiger partial charge in [-0.15, -0.1) is 0 Å². The first-order valence-corrected chi connectivity index (χ1v) is 6.44. The molecule has 0 amide bonds. The van der Waals surface area contributed by atoms with E-state index in [4.69, 9.17) is 0 Å². The van der Waals surface area contributed by atoms with Crippen molar-refractivity contribution in [3.05, 3.63) is 34.9 Å². The second kappa shape index (κ2) is 4.81. The maximum atomic E-state index is 11.3. The summed E-state index contributed by atoms with van der Waals surface area (Å²) in [6.45, 7) is 4.68. The number of hydrogen-bond donors (Lipinski definition) is 1. The van der Waals surface area contributed by atoms with E-state index in [-0.39, 0.29) is 10.7 Å². The molecule has 4 nitrogen and oxygen atoms in total. The zero-order valence-corrected chi connectivity index (χ0v) is 10.7. The molecule has 17 heavy (non-hydrogen) atoms. The Bertz CT molecular complexity index is 583. The highest BCUT2D eigenvalue weighted by Crippen LogP contribution is 2.24. The Morgan fingerprint density at radius 1 is 1.24 bits per heavy atom. The standard InChI is InChI=1S/C12H14O4S/c1-8-4-5-9(2)12(17(14,15)16)11(8)7-6-10(3)13/h4-7H,1-3H3,(H,14,15,16)/b7-6+. The molecular weight excluding hydrogens is 240 g/mol. The van der Waals surface area contributed by atoms with Crippen LogP contribution in [0, 0.1) is 13.8 Å². The van der Waals surface area contributed by atoms with E-state index in [1.807, 2.05) is 0 Å². The highest BCUT2D eigenvalue weighted by molar-refractivity contribution is 7.86. The molecule has 92 valence electrons. The Hall–Kier alpha value is -1.46. The van der Waals surface area contributed by atoms with E-state index in [0.29, 0.717) is 16.7 Å². The van der Waals surface area contributed by atoms with Crippen molar-refractivity contribution in [2.75, 3.05) is 0 Å². The molecule has 0 bridgehead atoms. The van der Waals surface area contributed by atoms with E-state index in [9.17, 15) is 17.8 Å². The summed E-state index contributed by atoms with van der Waals surface area (Å²) in [6, 6.07) is 3.35. The van der Waals surface area contributed by atoms with Crippen LogP contribution in [0.25, 0.3) is 6.08 Å². The fourth-order valence-electron chi connectivity index (χ4n) is 1.56. The Balaban J connectivity index is 3.57. The molecule has 1 aromatic rings. The molecular formula is C12H14O4S. The van der Waals surface area contributed by atoms with Crippen LogP contribution in [0.4, 0.5) is 0 Å². The third-order valence-corrected chi connectivity index (χ3v) is 3.41. The van der Waals surface area contributed by atoms with E-state index in [2.05, 4.69) is 0 Å². The molecule has 5 heteroatoms. The molecule has 0 radical (unpaired) electrons. The van der Waals surface area contributed by atoms with Gasteiger partial charge in [-0.3, -0.25) is 9.35 Å². The monoisotopic (exact) mass is 254 g/mol. The molecule has 0 aliphatic carbocycles. The quantitative estimate of drug-likeness (QED) is 0.662. The molecule has 1 rings (SSSR count). The smallest absolute Gasteiger partial charge is 0.295 e. The fraction of sp³-hybridized carbons (Fsp3) is 0.250. The molecule has 0 atom stereocenters. The van der Waals surface area contributed by atoms with Gasteiger partial charge in [-0.05, 0) is 49.6 Å². The topological polar surface area (TPSA) is 71.4 Å². The third-order valence-electron chi connectivity index (χ3n) is 2.35. The van der Waals surface area contributed by atoms with E-state index < -0.39 is 10.1 Å². The van der Waals surface area contributed by atoms with Gasteiger partial charge >= 0.3 is 0 Å². The number of aryl methyl sites for hydroxylation is 2. The van der Waals surface area contributed by atoms with E-state index in [0.717, 1.165) is 0 Å². The summed E-state index contributed by atoms with van der Waals surface area (Å²) in [4.78, 5) is 10.7. The number of benzene rings is 1. The van der Waals surface area contributed by atoms with Gasteiger partial charge in [0.05, 0.1) is 0 Å². The number of ketones is 1. The van der Waals surface area contributed by atoms with Crippen molar-refractivity contribution in [1.82, 2.24) is 0 Å². The molecule has 0 fully saturated rings. The summed E-state index contributed by atoms with van der Waals surface area (Å²) in [6.07, 6.45) is 2.68. The molecule has 0 saturated carbocycles. The van der Waals surface area contributed by atoms with Crippen LogP contribution in [0.15, 0.2) is 23.1 Å². The van der Waals surface area contributed by atoms with Crippen LogP contribution in [0.5, 0.6) is 0 Å². The van der Waals surface area contributed by atoms with E-state index in [1.54, 1.807) is 26.0 Å². The molecule has 0 unspecified atom stereocenters. The van der Waals surface area contributed by atoms with Crippen LogP contribution in [0.3, 0.4) is 0 Å². The minimum atomic E-state index is -4.30. The highest BCUT2D eigenvalue weighted by Gasteiger charge is 2.18. The lowest BCUT2D eigenvalue weighted by molar-refractivity contribution is -0.112. The third kappa shape index (κ3) is 3.25. The van der Waals surface area contributed by atoms with Gasteiger partial charge in [-0.1, -0.05) is 12.1 Å². The van der Waals surface area contributed by atoms with Gasteiger partial charge in [0.1, 0.15) is 4.90 Å². The average molecular weight is 254 g/mol. The fourth-order valence-corrected chi connectivity index (χ4v) is 2.54. The van der Waals surface area contributed by atoms with Crippen LogP contribution in [0.2, 0.25) is 0 Å². The van der Waals surface area contributed by atoms with Gasteiger partial charge in [0, 0.05) is 0 Å². The van der Waals surface area contributed by atoms with Gasteiger partial charge in [-0.25, -0.2) is 0 Å². The predicted molar refractivity (Wildman–Crippen MR) is 65.4 cm³/mol. The van der Waals surface area contributed by atoms with Gasteiger partial charge in [-0.2, -0.15) is 8.42 Å². The van der Waals surface area contributed by atoms with Crippen LogP contribution in [-0.2, 0) is 14.9 Å². The molecule has 1 aromatic carbocycles. The Kier molecular flexibility index (Phi) is 3.85. The van der Waals surface area contributed by atoms with Gasteiger partial charge in [0.15, 0.2) is 5.78 Å². The number of hydrogen-bond acceptors (Lipinski definition) is 3. The summed E-state index contributed by atoms with van der Waals surface area (Å²) in [5.74, 6) is -0.188. The van der Waals surface area contributed by atoms with Crippen molar-refractivity contribution >= 4 is 22.0 Å². The van der Waals surface area contributed by atoms with Crippen molar-refractivity contribution in [1.29, 1.82) is 0 Å². The normalized spacial score (nSPS) is 12.0. The second-order valence-electron chi connectivity index (χ2n) is 3.86. The van der Waals surface area contributed by atoms with Crippen LogP contribution >= 0.6 is 0 Å². The molecule has 1 N–H and O–H groups in total. The van der Waals surface area contributed by atoms with Crippen LogP contribution in [-0.4, -0.2) is 18.8 Å². The lowest BCUT2D eigenvalue weighted by Crippen LogP contribution is -2.05. The summed E-state index contributed by atoms with van der Waals surface area (Å²) < 4.78 is 31.8. The molecule has 0 aromatic heterocycles. The highest BCUT2D eigenvalue weighted by atomic mass is 32.2. The zero-order valence-electron chi connectivity index (χ0n) is 9.89. The Labute approximate surface area is 101 Å². The molecule has 0 saturated heterocycles. The van der Waals surface area contributed by atoms with Gasteiger partial charge < -0.3 is 0 Å². The largest absolute Gasteiger partial charge is 0.295 e. The summed E-state index contributed by atoms with van der Waals surface area (Å²) in [5.41, 5.74) is 1.48. The zero-order chi connectivity index (χ0) is 13.2. The van der Waals surface area contributed by atoms with Gasteiger partial charge in [0.2, 0.25) is 0 Å². The summed E-state index contributed by atoms with van der Waals surface area (Å²) in [7, 11) is -4.30. The number of carbonyl (C=O) groups excluding carboxylic acids is 1. The van der Waals surface area contributed by atoms with Crippen molar-refractivity contribution in [3.8, 4) is 0 Å². The first-order valence-electron chi connectivity index (χ1n) is 5.00. The number of allylic oxidation sites excluding steroid dienone is 1. The second-order valence-corrected chi connectivity index (χ2v) is 5.22. The first kappa shape index (κ1) is 13.6.